The minimum Gasteiger partial charge on any atom is -0.380 e. The van der Waals surface area contributed by atoms with Gasteiger partial charge >= 0.3 is 0 Å². The molecular formula is C16H31NO. The van der Waals surface area contributed by atoms with Crippen LogP contribution in [0.15, 0.2) is 0 Å². The van der Waals surface area contributed by atoms with Crippen LogP contribution in [0.2, 0.25) is 0 Å². The lowest BCUT2D eigenvalue weighted by atomic mass is 9.89. The SMILES string of the molecule is CC(C)C1CCCC(NCCOCC2CC2)CC1. The Morgan fingerprint density at radius 3 is 2.61 bits per heavy atom. The Labute approximate surface area is 113 Å². The molecule has 0 aliphatic heterocycles. The van der Waals surface area contributed by atoms with E-state index in [9.17, 15) is 0 Å². The number of hydrogen-bond acceptors (Lipinski definition) is 2. The van der Waals surface area contributed by atoms with Crippen LogP contribution in [0.1, 0.15) is 58.8 Å². The van der Waals surface area contributed by atoms with Crippen LogP contribution in [-0.4, -0.2) is 25.8 Å². The average molecular weight is 253 g/mol. The van der Waals surface area contributed by atoms with E-state index < -0.39 is 0 Å². The maximum atomic E-state index is 5.68. The van der Waals surface area contributed by atoms with Crippen molar-refractivity contribution in [3.63, 3.8) is 0 Å². The third-order valence-corrected chi connectivity index (χ3v) is 4.69. The van der Waals surface area contributed by atoms with Crippen LogP contribution in [0.25, 0.3) is 0 Å². The first-order valence-corrected chi connectivity index (χ1v) is 8.07. The van der Waals surface area contributed by atoms with Crippen LogP contribution in [-0.2, 0) is 4.74 Å². The van der Waals surface area contributed by atoms with Crippen molar-refractivity contribution >= 4 is 0 Å². The second-order valence-electron chi connectivity index (χ2n) is 6.68. The molecule has 2 unspecified atom stereocenters. The molecular weight excluding hydrogens is 222 g/mol. The summed E-state index contributed by atoms with van der Waals surface area (Å²) in [6.45, 7) is 7.71. The largest absolute Gasteiger partial charge is 0.380 e. The Kier molecular flexibility index (Phi) is 5.97. The normalized spacial score (nSPS) is 29.5. The monoisotopic (exact) mass is 253 g/mol. The van der Waals surface area contributed by atoms with Gasteiger partial charge in [0.05, 0.1) is 6.61 Å². The highest BCUT2D eigenvalue weighted by atomic mass is 16.5. The summed E-state index contributed by atoms with van der Waals surface area (Å²) in [6.07, 6.45) is 9.78. The zero-order valence-electron chi connectivity index (χ0n) is 12.3. The van der Waals surface area contributed by atoms with Crippen molar-refractivity contribution in [2.45, 2.75) is 64.8 Å². The molecule has 0 spiro atoms. The second kappa shape index (κ2) is 7.49. The van der Waals surface area contributed by atoms with E-state index in [0.717, 1.165) is 43.6 Å². The van der Waals surface area contributed by atoms with Gasteiger partial charge < -0.3 is 10.1 Å². The molecule has 0 saturated heterocycles. The van der Waals surface area contributed by atoms with Crippen LogP contribution < -0.4 is 5.32 Å². The molecule has 0 aromatic rings. The summed E-state index contributed by atoms with van der Waals surface area (Å²) in [4.78, 5) is 0. The molecule has 2 nitrogen and oxygen atoms in total. The smallest absolute Gasteiger partial charge is 0.0591 e. The lowest BCUT2D eigenvalue weighted by Crippen LogP contribution is -2.31. The molecule has 2 atom stereocenters. The maximum absolute atomic E-state index is 5.68. The van der Waals surface area contributed by atoms with Crippen molar-refractivity contribution < 1.29 is 4.74 Å². The highest BCUT2D eigenvalue weighted by Crippen LogP contribution is 2.29. The number of ether oxygens (including phenoxy) is 1. The van der Waals surface area contributed by atoms with Crippen molar-refractivity contribution in [3.8, 4) is 0 Å². The van der Waals surface area contributed by atoms with Gasteiger partial charge in [-0.1, -0.05) is 26.7 Å². The fourth-order valence-electron chi connectivity index (χ4n) is 3.07. The predicted octanol–water partition coefficient (Wildman–Crippen LogP) is 3.61. The molecule has 2 aliphatic rings. The molecule has 0 bridgehead atoms. The Bertz CT molecular complexity index is 225. The summed E-state index contributed by atoms with van der Waals surface area (Å²) < 4.78 is 5.68. The Morgan fingerprint density at radius 2 is 1.89 bits per heavy atom. The molecule has 0 radical (unpaired) electrons. The molecule has 2 rings (SSSR count). The van der Waals surface area contributed by atoms with Gasteiger partial charge in [0, 0.05) is 19.2 Å². The van der Waals surface area contributed by atoms with Gasteiger partial charge in [-0.3, -0.25) is 0 Å². The standard InChI is InChI=1S/C16H31NO/c1-13(2)15-4-3-5-16(9-8-15)17-10-11-18-12-14-6-7-14/h13-17H,3-12H2,1-2H3. The molecule has 2 saturated carbocycles. The molecule has 18 heavy (non-hydrogen) atoms. The highest BCUT2D eigenvalue weighted by Gasteiger charge is 2.22. The molecule has 0 aromatic carbocycles. The van der Waals surface area contributed by atoms with Crippen LogP contribution >= 0.6 is 0 Å². The number of rotatable bonds is 7. The van der Waals surface area contributed by atoms with E-state index in [-0.39, 0.29) is 0 Å². The van der Waals surface area contributed by atoms with Gasteiger partial charge in [-0.25, -0.2) is 0 Å². The van der Waals surface area contributed by atoms with Crippen molar-refractivity contribution in [2.75, 3.05) is 19.8 Å². The summed E-state index contributed by atoms with van der Waals surface area (Å²) in [5, 5.41) is 3.69. The fraction of sp³-hybridized carbons (Fsp3) is 1.00. The Balaban J connectivity index is 1.52. The van der Waals surface area contributed by atoms with E-state index in [1.54, 1.807) is 0 Å². The molecule has 2 aliphatic carbocycles. The molecule has 2 heteroatoms. The molecule has 1 N–H and O–H groups in total. The summed E-state index contributed by atoms with van der Waals surface area (Å²) in [6, 6.07) is 0.748. The van der Waals surface area contributed by atoms with E-state index in [2.05, 4.69) is 19.2 Å². The maximum Gasteiger partial charge on any atom is 0.0591 e. The fourth-order valence-corrected chi connectivity index (χ4v) is 3.07. The summed E-state index contributed by atoms with van der Waals surface area (Å²) in [5.74, 6) is 2.73. The quantitative estimate of drug-likeness (QED) is 0.553. The zero-order chi connectivity index (χ0) is 12.8. The first-order valence-electron chi connectivity index (χ1n) is 8.07. The predicted molar refractivity (Wildman–Crippen MR) is 76.7 cm³/mol. The third-order valence-electron chi connectivity index (χ3n) is 4.69. The van der Waals surface area contributed by atoms with Gasteiger partial charge in [0.2, 0.25) is 0 Å². The summed E-state index contributed by atoms with van der Waals surface area (Å²) in [5.41, 5.74) is 0. The second-order valence-corrected chi connectivity index (χ2v) is 6.68. The first kappa shape index (κ1) is 14.3. The van der Waals surface area contributed by atoms with Gasteiger partial charge in [0.15, 0.2) is 0 Å². The van der Waals surface area contributed by atoms with Crippen LogP contribution in [0.5, 0.6) is 0 Å². The Morgan fingerprint density at radius 1 is 1.06 bits per heavy atom. The third kappa shape index (κ3) is 5.27. The van der Waals surface area contributed by atoms with Gasteiger partial charge in [-0.15, -0.1) is 0 Å². The average Bonchev–Trinajstić information content (AvgIpc) is 3.14. The van der Waals surface area contributed by atoms with Gasteiger partial charge in [-0.2, -0.15) is 0 Å². The number of nitrogens with one attached hydrogen (secondary N) is 1. The van der Waals surface area contributed by atoms with Gasteiger partial charge in [0.1, 0.15) is 0 Å². The lowest BCUT2D eigenvalue weighted by molar-refractivity contribution is 0.123. The van der Waals surface area contributed by atoms with Crippen molar-refractivity contribution in [3.05, 3.63) is 0 Å². The van der Waals surface area contributed by atoms with Gasteiger partial charge in [0.25, 0.3) is 0 Å². The summed E-state index contributed by atoms with van der Waals surface area (Å²) >= 11 is 0. The molecule has 106 valence electrons. The molecule has 0 aromatic heterocycles. The van der Waals surface area contributed by atoms with Crippen LogP contribution in [0, 0.1) is 17.8 Å². The molecule has 2 fully saturated rings. The van der Waals surface area contributed by atoms with Crippen LogP contribution in [0.4, 0.5) is 0 Å². The van der Waals surface area contributed by atoms with E-state index in [1.165, 1.54) is 44.9 Å². The minimum atomic E-state index is 0.748. The van der Waals surface area contributed by atoms with Crippen LogP contribution in [0.3, 0.4) is 0 Å². The van der Waals surface area contributed by atoms with Crippen molar-refractivity contribution in [2.24, 2.45) is 17.8 Å². The molecule has 0 heterocycles. The van der Waals surface area contributed by atoms with Gasteiger partial charge in [-0.05, 0) is 49.9 Å². The number of hydrogen-bond donors (Lipinski definition) is 1. The van der Waals surface area contributed by atoms with Crippen molar-refractivity contribution in [1.82, 2.24) is 5.32 Å². The van der Waals surface area contributed by atoms with E-state index >= 15 is 0 Å². The van der Waals surface area contributed by atoms with E-state index in [0.29, 0.717) is 0 Å². The van der Waals surface area contributed by atoms with E-state index in [4.69, 9.17) is 4.74 Å². The zero-order valence-corrected chi connectivity index (χ0v) is 12.3. The minimum absolute atomic E-state index is 0.748. The van der Waals surface area contributed by atoms with Crippen molar-refractivity contribution in [1.29, 1.82) is 0 Å². The lowest BCUT2D eigenvalue weighted by Gasteiger charge is -2.19. The Hall–Kier alpha value is -0.0800. The topological polar surface area (TPSA) is 21.3 Å². The summed E-state index contributed by atoms with van der Waals surface area (Å²) in [7, 11) is 0. The molecule has 0 amide bonds. The first-order chi connectivity index (χ1) is 8.75. The highest BCUT2D eigenvalue weighted by molar-refractivity contribution is 4.76. The van der Waals surface area contributed by atoms with E-state index in [1.807, 2.05) is 0 Å².